The molecule has 0 bridgehead atoms. The molecule has 1 aromatic rings. The fourth-order valence-electron chi connectivity index (χ4n) is 5.09. The highest BCUT2D eigenvalue weighted by Gasteiger charge is 2.40. The van der Waals surface area contributed by atoms with Gasteiger partial charge in [0.2, 0.25) is 0 Å². The van der Waals surface area contributed by atoms with Crippen LogP contribution in [0.3, 0.4) is 0 Å². The van der Waals surface area contributed by atoms with Gasteiger partial charge in [0.05, 0.1) is 38.3 Å². The van der Waals surface area contributed by atoms with Gasteiger partial charge in [-0.15, -0.1) is 0 Å². The SMILES string of the molecule is O=C(O)CCCC=CCC1C(O)CC(O)C1CCC(CCc1ccccc1)OC(=O)CCC(=O)OC(CO)CO. The Bertz CT molecular complexity index is 914. The van der Waals surface area contributed by atoms with E-state index in [9.17, 15) is 24.6 Å². The highest BCUT2D eigenvalue weighted by atomic mass is 16.6. The van der Waals surface area contributed by atoms with Crippen LogP contribution in [0.1, 0.15) is 69.8 Å². The molecule has 0 saturated heterocycles. The number of aliphatic hydroxyl groups excluding tert-OH is 4. The molecule has 0 heterocycles. The summed E-state index contributed by atoms with van der Waals surface area (Å²) in [6, 6.07) is 9.77. The molecular formula is C30H44O10. The number of allylic oxidation sites excluding steroid dienone is 2. The topological polar surface area (TPSA) is 171 Å². The average Bonchev–Trinajstić information content (AvgIpc) is 3.21. The third-order valence-corrected chi connectivity index (χ3v) is 7.31. The summed E-state index contributed by atoms with van der Waals surface area (Å²) < 4.78 is 10.6. The second-order valence-electron chi connectivity index (χ2n) is 10.4. The third kappa shape index (κ3) is 12.6. The van der Waals surface area contributed by atoms with Crippen molar-refractivity contribution in [2.24, 2.45) is 11.8 Å². The molecule has 0 amide bonds. The van der Waals surface area contributed by atoms with Gasteiger partial charge in [0.15, 0.2) is 0 Å². The summed E-state index contributed by atoms with van der Waals surface area (Å²) in [7, 11) is 0. The molecule has 0 spiro atoms. The Balaban J connectivity index is 1.94. The van der Waals surface area contributed by atoms with E-state index in [4.69, 9.17) is 24.8 Å². The molecule has 1 fully saturated rings. The van der Waals surface area contributed by atoms with Crippen LogP contribution in [-0.2, 0) is 30.3 Å². The second-order valence-corrected chi connectivity index (χ2v) is 10.4. The van der Waals surface area contributed by atoms with Crippen LogP contribution in [0.5, 0.6) is 0 Å². The second kappa shape index (κ2) is 18.5. The molecule has 5 N–H and O–H groups in total. The first-order chi connectivity index (χ1) is 19.2. The number of carboxylic acids is 1. The van der Waals surface area contributed by atoms with Gasteiger partial charge < -0.3 is 35.0 Å². The van der Waals surface area contributed by atoms with Crippen LogP contribution in [0.15, 0.2) is 42.5 Å². The van der Waals surface area contributed by atoms with E-state index in [1.165, 1.54) is 0 Å². The maximum atomic E-state index is 12.6. The lowest BCUT2D eigenvalue weighted by molar-refractivity contribution is -0.158. The number of hydrogen-bond donors (Lipinski definition) is 5. The number of carbonyl (C=O) groups excluding carboxylic acids is 2. The van der Waals surface area contributed by atoms with Crippen molar-refractivity contribution < 1.29 is 49.4 Å². The molecule has 224 valence electrons. The molecule has 40 heavy (non-hydrogen) atoms. The minimum Gasteiger partial charge on any atom is -0.481 e. The Morgan fingerprint density at radius 3 is 2.10 bits per heavy atom. The van der Waals surface area contributed by atoms with E-state index in [2.05, 4.69) is 0 Å². The van der Waals surface area contributed by atoms with Crippen molar-refractivity contribution in [2.75, 3.05) is 13.2 Å². The van der Waals surface area contributed by atoms with Gasteiger partial charge in [-0.25, -0.2) is 0 Å². The van der Waals surface area contributed by atoms with Gasteiger partial charge >= 0.3 is 17.9 Å². The Morgan fingerprint density at radius 2 is 1.48 bits per heavy atom. The molecule has 1 aliphatic rings. The first kappa shape index (κ1) is 33.4. The molecule has 5 atom stereocenters. The summed E-state index contributed by atoms with van der Waals surface area (Å²) in [5, 5.41) is 48.0. The number of benzene rings is 1. The molecule has 1 aromatic carbocycles. The fourth-order valence-corrected chi connectivity index (χ4v) is 5.09. The number of carbonyl (C=O) groups is 3. The number of aliphatic carboxylic acids is 1. The number of hydrogen-bond acceptors (Lipinski definition) is 9. The maximum Gasteiger partial charge on any atom is 0.306 e. The van der Waals surface area contributed by atoms with Crippen molar-refractivity contribution in [3.8, 4) is 0 Å². The number of ether oxygens (including phenoxy) is 2. The van der Waals surface area contributed by atoms with E-state index in [1.54, 1.807) is 0 Å². The molecule has 5 unspecified atom stereocenters. The molecule has 10 nitrogen and oxygen atoms in total. The molecular weight excluding hydrogens is 520 g/mol. The lowest BCUT2D eigenvalue weighted by Gasteiger charge is -2.25. The largest absolute Gasteiger partial charge is 0.481 e. The van der Waals surface area contributed by atoms with Crippen LogP contribution in [0, 0.1) is 11.8 Å². The van der Waals surface area contributed by atoms with Crippen molar-refractivity contribution in [1.82, 2.24) is 0 Å². The number of carboxylic acid groups (broad SMARTS) is 1. The Kier molecular flexibility index (Phi) is 15.5. The number of aliphatic hydroxyl groups is 4. The van der Waals surface area contributed by atoms with Gasteiger partial charge in [-0.1, -0.05) is 42.5 Å². The van der Waals surface area contributed by atoms with Crippen molar-refractivity contribution in [2.45, 2.75) is 95.0 Å². The standard InChI is InChI=1S/C30H44O10/c31-19-23(20-32)40-30(38)17-16-29(37)39-22(13-12-21-8-4-3-5-9-21)14-15-25-24(26(33)18-27(25)34)10-6-1-2-7-11-28(35)36/h1,3-6,8-9,22-27,31-34H,2,7,10-20H2,(H,35,36). The first-order valence-electron chi connectivity index (χ1n) is 14.1. The van der Waals surface area contributed by atoms with Crippen LogP contribution >= 0.6 is 0 Å². The Hall–Kier alpha value is -2.79. The average molecular weight is 565 g/mol. The summed E-state index contributed by atoms with van der Waals surface area (Å²) in [6.07, 6.45) is 4.97. The van der Waals surface area contributed by atoms with E-state index in [0.717, 1.165) is 5.56 Å². The van der Waals surface area contributed by atoms with Gasteiger partial charge in [-0.2, -0.15) is 0 Å². The molecule has 1 saturated carbocycles. The van der Waals surface area contributed by atoms with Gasteiger partial charge in [-0.3, -0.25) is 14.4 Å². The molecule has 2 rings (SSSR count). The quantitative estimate of drug-likeness (QED) is 0.0955. The predicted octanol–water partition coefficient (Wildman–Crippen LogP) is 2.55. The van der Waals surface area contributed by atoms with Crippen molar-refractivity contribution in [3.63, 3.8) is 0 Å². The van der Waals surface area contributed by atoms with E-state index in [-0.39, 0.29) is 37.5 Å². The van der Waals surface area contributed by atoms with Crippen LogP contribution in [-0.4, -0.2) is 81.1 Å². The summed E-state index contributed by atoms with van der Waals surface area (Å²) in [5.74, 6) is -2.44. The minimum atomic E-state index is -1.03. The zero-order valence-electron chi connectivity index (χ0n) is 23.0. The number of aryl methyl sites for hydroxylation is 1. The van der Waals surface area contributed by atoms with Crippen LogP contribution in [0.25, 0.3) is 0 Å². The molecule has 0 aromatic heterocycles. The van der Waals surface area contributed by atoms with Crippen molar-refractivity contribution >= 4 is 17.9 Å². The summed E-state index contributed by atoms with van der Waals surface area (Å²) >= 11 is 0. The van der Waals surface area contributed by atoms with Gasteiger partial charge in [0, 0.05) is 6.42 Å². The zero-order chi connectivity index (χ0) is 29.3. The van der Waals surface area contributed by atoms with Crippen molar-refractivity contribution in [1.29, 1.82) is 0 Å². The van der Waals surface area contributed by atoms with E-state index in [0.29, 0.717) is 44.9 Å². The van der Waals surface area contributed by atoms with Gasteiger partial charge in [0.1, 0.15) is 12.2 Å². The highest BCUT2D eigenvalue weighted by molar-refractivity contribution is 5.77. The van der Waals surface area contributed by atoms with Crippen LogP contribution < -0.4 is 0 Å². The Labute approximate surface area is 235 Å². The van der Waals surface area contributed by atoms with Crippen LogP contribution in [0.4, 0.5) is 0 Å². The molecule has 1 aliphatic carbocycles. The summed E-state index contributed by atoms with van der Waals surface area (Å²) in [5.41, 5.74) is 1.09. The monoisotopic (exact) mass is 564 g/mol. The third-order valence-electron chi connectivity index (χ3n) is 7.31. The lowest BCUT2D eigenvalue weighted by atomic mass is 9.85. The van der Waals surface area contributed by atoms with Crippen LogP contribution in [0.2, 0.25) is 0 Å². The molecule has 0 radical (unpaired) electrons. The highest BCUT2D eigenvalue weighted by Crippen LogP contribution is 2.39. The number of rotatable bonds is 19. The first-order valence-corrected chi connectivity index (χ1v) is 14.1. The van der Waals surface area contributed by atoms with Crippen molar-refractivity contribution in [3.05, 3.63) is 48.0 Å². The summed E-state index contributed by atoms with van der Waals surface area (Å²) in [6.45, 7) is -1.03. The smallest absolute Gasteiger partial charge is 0.306 e. The number of unbranched alkanes of at least 4 members (excludes halogenated alkanes) is 1. The lowest BCUT2D eigenvalue weighted by Crippen LogP contribution is -2.27. The Morgan fingerprint density at radius 1 is 0.850 bits per heavy atom. The minimum absolute atomic E-state index is 0.105. The number of esters is 2. The normalized spacial score (nSPS) is 21.5. The zero-order valence-corrected chi connectivity index (χ0v) is 23.0. The fraction of sp³-hybridized carbons (Fsp3) is 0.633. The summed E-state index contributed by atoms with van der Waals surface area (Å²) in [4.78, 5) is 35.1. The van der Waals surface area contributed by atoms with Gasteiger partial charge in [-0.05, 0) is 68.8 Å². The predicted molar refractivity (Wildman–Crippen MR) is 146 cm³/mol. The molecule has 0 aliphatic heterocycles. The molecule has 10 heteroatoms. The van der Waals surface area contributed by atoms with E-state index < -0.39 is 55.5 Å². The van der Waals surface area contributed by atoms with E-state index >= 15 is 0 Å². The van der Waals surface area contributed by atoms with E-state index in [1.807, 2.05) is 42.5 Å². The van der Waals surface area contributed by atoms with Gasteiger partial charge in [0.25, 0.3) is 0 Å². The maximum absolute atomic E-state index is 12.6.